The predicted molar refractivity (Wildman–Crippen MR) is 111 cm³/mol. The van der Waals surface area contributed by atoms with Gasteiger partial charge >= 0.3 is 5.97 Å². The van der Waals surface area contributed by atoms with E-state index in [9.17, 15) is 14.4 Å². The van der Waals surface area contributed by atoms with Crippen molar-refractivity contribution in [2.75, 3.05) is 11.9 Å². The zero-order chi connectivity index (χ0) is 20.3. The number of Topliss-reactive ketones (excluding diaryl/α,β-unsaturated/α-hetero) is 1. The molecule has 0 aliphatic heterocycles. The average Bonchev–Trinajstić information content (AvgIpc) is 3.46. The Kier molecular flexibility index (Phi) is 4.61. The topological polar surface area (TPSA) is 72.5 Å². The first-order valence-corrected chi connectivity index (χ1v) is 11.8. The van der Waals surface area contributed by atoms with Gasteiger partial charge < -0.3 is 10.1 Å². The van der Waals surface area contributed by atoms with Gasteiger partial charge in [0.2, 0.25) is 5.91 Å². The number of carbonyl (C=O) groups is 3. The Hall–Kier alpha value is -1.69. The summed E-state index contributed by atoms with van der Waals surface area (Å²) in [6, 6.07) is 0. The van der Waals surface area contributed by atoms with Gasteiger partial charge in [0, 0.05) is 16.2 Å². The third-order valence-corrected chi connectivity index (χ3v) is 8.86. The van der Waals surface area contributed by atoms with Crippen LogP contribution in [0.4, 0.5) is 5.00 Å². The summed E-state index contributed by atoms with van der Waals surface area (Å²) < 4.78 is 5.54. The molecule has 0 aromatic carbocycles. The molecule has 6 rings (SSSR count). The highest BCUT2D eigenvalue weighted by Gasteiger charge is 2.54. The van der Waals surface area contributed by atoms with Crippen molar-refractivity contribution in [3.63, 3.8) is 0 Å². The molecule has 156 valence electrons. The van der Waals surface area contributed by atoms with Crippen molar-refractivity contribution in [1.29, 1.82) is 0 Å². The fourth-order valence-corrected chi connectivity index (χ4v) is 7.38. The summed E-state index contributed by atoms with van der Waals surface area (Å²) >= 11 is 1.41. The number of aryl methyl sites for hydroxylation is 1. The first-order valence-electron chi connectivity index (χ1n) is 11.0. The first kappa shape index (κ1) is 19.3. The predicted octanol–water partition coefficient (Wildman–Crippen LogP) is 4.66. The molecule has 0 saturated heterocycles. The van der Waals surface area contributed by atoms with Crippen LogP contribution >= 0.6 is 11.3 Å². The Morgan fingerprint density at radius 2 is 1.62 bits per heavy atom. The van der Waals surface area contributed by atoms with Crippen LogP contribution in [0.2, 0.25) is 0 Å². The summed E-state index contributed by atoms with van der Waals surface area (Å²) in [7, 11) is 0. The Labute approximate surface area is 175 Å². The van der Waals surface area contributed by atoms with E-state index in [1.165, 1.54) is 30.6 Å². The monoisotopic (exact) mass is 415 g/mol. The molecular formula is C23H29NO4S. The number of hydrogen-bond donors (Lipinski definition) is 1. The van der Waals surface area contributed by atoms with Crippen LogP contribution in [-0.2, 0) is 14.3 Å². The zero-order valence-electron chi connectivity index (χ0n) is 17.2. The standard InChI is InChI=1S/C23H29NO4S/c1-12-13(2)29-21(24-20(26)17-3-4-17)19(12)22(27)28-11-18(25)23-8-14-5-15(9-23)7-16(6-14)10-23/h14-17H,3-11H2,1-2H3,(H,24,26). The summed E-state index contributed by atoms with van der Waals surface area (Å²) in [6.07, 6.45) is 8.61. The van der Waals surface area contributed by atoms with Crippen molar-refractivity contribution in [2.45, 2.75) is 65.2 Å². The smallest absolute Gasteiger partial charge is 0.341 e. The lowest BCUT2D eigenvalue weighted by Gasteiger charge is -2.55. The fraction of sp³-hybridized carbons (Fsp3) is 0.696. The number of ether oxygens (including phenoxy) is 1. The summed E-state index contributed by atoms with van der Waals surface area (Å²) in [6.45, 7) is 3.66. The highest BCUT2D eigenvalue weighted by atomic mass is 32.1. The minimum Gasteiger partial charge on any atom is -0.454 e. The largest absolute Gasteiger partial charge is 0.454 e. The van der Waals surface area contributed by atoms with Crippen LogP contribution in [0.15, 0.2) is 0 Å². The molecule has 0 atom stereocenters. The van der Waals surface area contributed by atoms with Gasteiger partial charge in [0.25, 0.3) is 0 Å². The van der Waals surface area contributed by atoms with Crippen LogP contribution in [0.1, 0.15) is 72.2 Å². The molecule has 0 spiro atoms. The van der Waals surface area contributed by atoms with Gasteiger partial charge in [-0.2, -0.15) is 0 Å². The normalized spacial score (nSPS) is 32.3. The van der Waals surface area contributed by atoms with E-state index >= 15 is 0 Å². The van der Waals surface area contributed by atoms with E-state index in [2.05, 4.69) is 5.32 Å². The van der Waals surface area contributed by atoms with Gasteiger partial charge in [-0.25, -0.2) is 4.79 Å². The molecule has 5 nitrogen and oxygen atoms in total. The second-order valence-electron chi connectivity index (χ2n) is 9.95. The molecule has 0 radical (unpaired) electrons. The van der Waals surface area contributed by atoms with E-state index in [0.29, 0.717) is 28.3 Å². The third-order valence-electron chi connectivity index (χ3n) is 7.74. The molecular weight excluding hydrogens is 386 g/mol. The molecule has 1 aromatic rings. The molecule has 1 heterocycles. The molecule has 1 amide bonds. The van der Waals surface area contributed by atoms with Crippen LogP contribution in [0.3, 0.4) is 0 Å². The first-order chi connectivity index (χ1) is 13.8. The van der Waals surface area contributed by atoms with E-state index < -0.39 is 5.97 Å². The number of anilines is 1. The van der Waals surface area contributed by atoms with E-state index in [0.717, 1.165) is 42.5 Å². The Morgan fingerprint density at radius 1 is 1.03 bits per heavy atom. The number of carbonyl (C=O) groups excluding carboxylic acids is 3. The lowest BCUT2D eigenvalue weighted by Crippen LogP contribution is -2.51. The van der Waals surface area contributed by atoms with Crippen molar-refractivity contribution in [2.24, 2.45) is 29.1 Å². The maximum Gasteiger partial charge on any atom is 0.341 e. The van der Waals surface area contributed by atoms with Crippen LogP contribution in [0, 0.1) is 42.9 Å². The van der Waals surface area contributed by atoms with Crippen molar-refractivity contribution in [3.05, 3.63) is 16.0 Å². The minimum atomic E-state index is -0.490. The van der Waals surface area contributed by atoms with Crippen LogP contribution < -0.4 is 5.32 Å². The maximum atomic E-state index is 13.1. The van der Waals surface area contributed by atoms with Crippen molar-refractivity contribution in [1.82, 2.24) is 0 Å². The lowest BCUT2D eigenvalue weighted by molar-refractivity contribution is -0.147. The summed E-state index contributed by atoms with van der Waals surface area (Å²) in [5, 5.41) is 3.46. The van der Waals surface area contributed by atoms with E-state index in [1.807, 2.05) is 13.8 Å². The molecule has 5 aliphatic rings. The fourth-order valence-electron chi connectivity index (χ4n) is 6.33. The molecule has 5 aliphatic carbocycles. The van der Waals surface area contributed by atoms with Gasteiger partial charge in [0.1, 0.15) is 5.00 Å². The number of nitrogens with one attached hydrogen (secondary N) is 1. The van der Waals surface area contributed by atoms with E-state index in [1.54, 1.807) is 0 Å². The molecule has 1 aromatic heterocycles. The summed E-state index contributed by atoms with van der Waals surface area (Å²) in [4.78, 5) is 39.2. The van der Waals surface area contributed by atoms with Gasteiger partial charge in [-0.1, -0.05) is 0 Å². The van der Waals surface area contributed by atoms with Gasteiger partial charge in [0.05, 0.1) is 5.56 Å². The Bertz CT molecular complexity index is 846. The van der Waals surface area contributed by atoms with Gasteiger partial charge in [0.15, 0.2) is 12.4 Å². The van der Waals surface area contributed by atoms with Crippen LogP contribution in [-0.4, -0.2) is 24.3 Å². The number of thiophene rings is 1. The SMILES string of the molecule is Cc1sc(NC(=O)C2CC2)c(C(=O)OCC(=O)C23CC4CC(CC(C4)C2)C3)c1C. The van der Waals surface area contributed by atoms with Crippen molar-refractivity contribution in [3.8, 4) is 0 Å². The number of rotatable bonds is 6. The number of hydrogen-bond acceptors (Lipinski definition) is 5. The van der Waals surface area contributed by atoms with Crippen molar-refractivity contribution < 1.29 is 19.1 Å². The number of amides is 1. The Morgan fingerprint density at radius 3 is 2.17 bits per heavy atom. The van der Waals surface area contributed by atoms with Gasteiger partial charge in [-0.3, -0.25) is 9.59 Å². The second kappa shape index (κ2) is 6.93. The van der Waals surface area contributed by atoms with Crippen LogP contribution in [0.5, 0.6) is 0 Å². The summed E-state index contributed by atoms with van der Waals surface area (Å²) in [5.74, 6) is 1.73. The number of ketones is 1. The van der Waals surface area contributed by atoms with Gasteiger partial charge in [-0.05, 0) is 88.5 Å². The van der Waals surface area contributed by atoms with E-state index in [-0.39, 0.29) is 29.6 Å². The molecule has 5 fully saturated rings. The molecule has 1 N–H and O–H groups in total. The van der Waals surface area contributed by atoms with Gasteiger partial charge in [-0.15, -0.1) is 11.3 Å². The average molecular weight is 416 g/mol. The Balaban J connectivity index is 1.27. The molecule has 29 heavy (non-hydrogen) atoms. The second-order valence-corrected chi connectivity index (χ2v) is 11.2. The van der Waals surface area contributed by atoms with E-state index in [4.69, 9.17) is 4.74 Å². The highest BCUT2D eigenvalue weighted by molar-refractivity contribution is 7.16. The molecule has 0 unspecified atom stereocenters. The van der Waals surface area contributed by atoms with Crippen molar-refractivity contribution >= 4 is 34.0 Å². The van der Waals surface area contributed by atoms with Crippen LogP contribution in [0.25, 0.3) is 0 Å². The zero-order valence-corrected chi connectivity index (χ0v) is 18.0. The lowest BCUT2D eigenvalue weighted by atomic mass is 9.48. The third kappa shape index (κ3) is 3.43. The minimum absolute atomic E-state index is 0.0232. The summed E-state index contributed by atoms with van der Waals surface area (Å²) in [5.41, 5.74) is 0.991. The molecule has 5 saturated carbocycles. The molecule has 6 heteroatoms. The highest BCUT2D eigenvalue weighted by Crippen LogP contribution is 2.60. The molecule has 4 bridgehead atoms. The maximum absolute atomic E-state index is 13.1. The number of esters is 1. The quantitative estimate of drug-likeness (QED) is 0.686.